The molecule has 0 saturated heterocycles. The minimum Gasteiger partial charge on any atom is -0.481 e. The first-order chi connectivity index (χ1) is 8.78. The van der Waals surface area contributed by atoms with E-state index in [9.17, 15) is 18.0 Å². The highest BCUT2D eigenvalue weighted by Gasteiger charge is 2.29. The molecule has 1 N–H and O–H groups in total. The monoisotopic (exact) mass is 312 g/mol. The first-order valence-corrected chi connectivity index (χ1v) is 6.82. The Morgan fingerprint density at radius 1 is 1.32 bits per heavy atom. The van der Waals surface area contributed by atoms with Gasteiger partial charge in [0.1, 0.15) is 0 Å². The van der Waals surface area contributed by atoms with E-state index in [0.29, 0.717) is 5.02 Å². The Balaban J connectivity index is 2.53. The van der Waals surface area contributed by atoms with E-state index in [1.165, 1.54) is 0 Å². The predicted octanol–water partition coefficient (Wildman–Crippen LogP) is 4.23. The molecular formula is C12H12ClF3O2S. The highest BCUT2D eigenvalue weighted by molar-refractivity contribution is 8.00. The van der Waals surface area contributed by atoms with Gasteiger partial charge in [0.15, 0.2) is 0 Å². The topological polar surface area (TPSA) is 37.3 Å². The summed E-state index contributed by atoms with van der Waals surface area (Å²) >= 11 is 5.51. The predicted molar refractivity (Wildman–Crippen MR) is 69.4 cm³/mol. The van der Waals surface area contributed by atoms with Crippen molar-refractivity contribution in [2.75, 3.05) is 5.75 Å². The van der Waals surface area contributed by atoms with E-state index in [4.69, 9.17) is 16.7 Å². The van der Waals surface area contributed by atoms with Gasteiger partial charge in [0.25, 0.3) is 0 Å². The number of alkyl halides is 3. The van der Waals surface area contributed by atoms with Crippen molar-refractivity contribution >= 4 is 29.3 Å². The summed E-state index contributed by atoms with van der Waals surface area (Å²) in [5, 5.41) is 9.53. The fourth-order valence-corrected chi connectivity index (χ4v) is 2.29. The maximum atomic E-state index is 12.0. The van der Waals surface area contributed by atoms with Crippen molar-refractivity contribution in [3.8, 4) is 0 Å². The first kappa shape index (κ1) is 16.2. The van der Waals surface area contributed by atoms with E-state index in [0.717, 1.165) is 5.56 Å². The Labute approximate surface area is 117 Å². The second-order valence-electron chi connectivity index (χ2n) is 3.95. The Kier molecular flexibility index (Phi) is 6.00. The molecule has 1 aromatic rings. The van der Waals surface area contributed by atoms with Crippen molar-refractivity contribution in [1.29, 1.82) is 0 Å². The number of aliphatic carboxylic acids is 1. The molecule has 0 bridgehead atoms. The van der Waals surface area contributed by atoms with Crippen LogP contribution in [0.1, 0.15) is 12.0 Å². The van der Waals surface area contributed by atoms with E-state index >= 15 is 0 Å². The molecule has 0 aliphatic carbocycles. The number of rotatable bonds is 6. The van der Waals surface area contributed by atoms with E-state index in [1.807, 2.05) is 0 Å². The summed E-state index contributed by atoms with van der Waals surface area (Å²) in [7, 11) is 0. The molecule has 1 unspecified atom stereocenters. The standard InChI is InChI=1S/C12H12ClF3O2S/c13-10-3-1-8(2-4-10)7-9(11(17)18)5-6-19-12(14,15)16/h1-4,9H,5-7H2,(H,17,18). The van der Waals surface area contributed by atoms with Gasteiger partial charge in [0.05, 0.1) is 5.92 Å². The molecule has 0 aliphatic rings. The van der Waals surface area contributed by atoms with Gasteiger partial charge >= 0.3 is 11.5 Å². The summed E-state index contributed by atoms with van der Waals surface area (Å²) in [6, 6.07) is 6.60. The summed E-state index contributed by atoms with van der Waals surface area (Å²) in [6.45, 7) is 0. The Bertz CT molecular complexity index is 420. The van der Waals surface area contributed by atoms with Crippen LogP contribution in [0.25, 0.3) is 0 Å². The molecule has 7 heteroatoms. The fraction of sp³-hybridized carbons (Fsp3) is 0.417. The van der Waals surface area contributed by atoms with Gasteiger partial charge in [-0.15, -0.1) is 0 Å². The molecule has 0 heterocycles. The van der Waals surface area contributed by atoms with Crippen molar-refractivity contribution in [2.24, 2.45) is 5.92 Å². The maximum absolute atomic E-state index is 12.0. The molecular weight excluding hydrogens is 301 g/mol. The van der Waals surface area contributed by atoms with Gasteiger partial charge in [-0.05, 0) is 30.5 Å². The third kappa shape index (κ3) is 6.73. The molecule has 0 fully saturated rings. The molecule has 106 valence electrons. The third-order valence-corrected chi connectivity index (χ3v) is 3.50. The summed E-state index contributed by atoms with van der Waals surface area (Å²) in [6.07, 6.45) is 0.174. The molecule has 19 heavy (non-hydrogen) atoms. The average Bonchev–Trinajstić information content (AvgIpc) is 2.28. The minimum atomic E-state index is -4.32. The van der Waals surface area contributed by atoms with Crippen LogP contribution in [0.4, 0.5) is 13.2 Å². The number of carboxylic acids is 1. The molecule has 0 spiro atoms. The fourth-order valence-electron chi connectivity index (χ4n) is 1.53. The zero-order chi connectivity index (χ0) is 14.5. The van der Waals surface area contributed by atoms with E-state index < -0.39 is 17.4 Å². The zero-order valence-electron chi connectivity index (χ0n) is 9.78. The average molecular weight is 313 g/mol. The number of carbonyl (C=O) groups is 1. The van der Waals surface area contributed by atoms with Crippen molar-refractivity contribution < 1.29 is 23.1 Å². The van der Waals surface area contributed by atoms with E-state index in [-0.39, 0.29) is 30.4 Å². The second kappa shape index (κ2) is 7.05. The quantitative estimate of drug-likeness (QED) is 0.854. The van der Waals surface area contributed by atoms with Gasteiger partial charge in [-0.25, -0.2) is 0 Å². The number of hydrogen-bond donors (Lipinski definition) is 1. The molecule has 0 amide bonds. The zero-order valence-corrected chi connectivity index (χ0v) is 11.4. The molecule has 0 radical (unpaired) electrons. The maximum Gasteiger partial charge on any atom is 0.441 e. The Hall–Kier alpha value is -0.880. The minimum absolute atomic E-state index is 0.0257. The number of thioether (sulfide) groups is 1. The lowest BCUT2D eigenvalue weighted by molar-refractivity contribution is -0.141. The van der Waals surface area contributed by atoms with Gasteiger partial charge in [-0.1, -0.05) is 35.5 Å². The number of hydrogen-bond acceptors (Lipinski definition) is 2. The van der Waals surface area contributed by atoms with Crippen LogP contribution in [-0.2, 0) is 11.2 Å². The smallest absolute Gasteiger partial charge is 0.441 e. The molecule has 0 aromatic heterocycles. The molecule has 2 nitrogen and oxygen atoms in total. The normalized spacial score (nSPS) is 13.3. The number of carboxylic acid groups (broad SMARTS) is 1. The molecule has 1 atom stereocenters. The van der Waals surface area contributed by atoms with Gasteiger partial charge in [-0.3, -0.25) is 4.79 Å². The highest BCUT2D eigenvalue weighted by atomic mass is 35.5. The Morgan fingerprint density at radius 2 is 1.89 bits per heavy atom. The lowest BCUT2D eigenvalue weighted by Crippen LogP contribution is -2.18. The van der Waals surface area contributed by atoms with Crippen molar-refractivity contribution in [3.05, 3.63) is 34.9 Å². The van der Waals surface area contributed by atoms with Crippen molar-refractivity contribution in [1.82, 2.24) is 0 Å². The highest BCUT2D eigenvalue weighted by Crippen LogP contribution is 2.31. The molecule has 0 aliphatic heterocycles. The van der Waals surface area contributed by atoms with Gasteiger partial charge in [-0.2, -0.15) is 13.2 Å². The lowest BCUT2D eigenvalue weighted by atomic mass is 9.97. The van der Waals surface area contributed by atoms with Crippen LogP contribution >= 0.6 is 23.4 Å². The van der Waals surface area contributed by atoms with Crippen molar-refractivity contribution in [3.63, 3.8) is 0 Å². The van der Waals surface area contributed by atoms with Gasteiger partial charge in [0.2, 0.25) is 0 Å². The molecule has 1 rings (SSSR count). The first-order valence-electron chi connectivity index (χ1n) is 5.46. The van der Waals surface area contributed by atoms with Crippen LogP contribution < -0.4 is 0 Å². The molecule has 1 aromatic carbocycles. The van der Waals surface area contributed by atoms with E-state index in [1.54, 1.807) is 24.3 Å². The second-order valence-corrected chi connectivity index (χ2v) is 5.54. The number of benzene rings is 1. The largest absolute Gasteiger partial charge is 0.481 e. The van der Waals surface area contributed by atoms with Crippen LogP contribution in [0.3, 0.4) is 0 Å². The lowest BCUT2D eigenvalue weighted by Gasteiger charge is -2.13. The number of halogens is 4. The van der Waals surface area contributed by atoms with Gasteiger partial charge in [0, 0.05) is 10.8 Å². The third-order valence-electron chi connectivity index (χ3n) is 2.48. The molecule has 0 saturated carbocycles. The van der Waals surface area contributed by atoms with Crippen LogP contribution in [0.2, 0.25) is 5.02 Å². The Morgan fingerprint density at radius 3 is 2.37 bits per heavy atom. The van der Waals surface area contributed by atoms with Crippen LogP contribution in [0.15, 0.2) is 24.3 Å². The SMILES string of the molecule is O=C(O)C(CCSC(F)(F)F)Cc1ccc(Cl)cc1. The van der Waals surface area contributed by atoms with Crippen LogP contribution in [-0.4, -0.2) is 22.3 Å². The van der Waals surface area contributed by atoms with Crippen molar-refractivity contribution in [2.45, 2.75) is 18.3 Å². The van der Waals surface area contributed by atoms with Gasteiger partial charge < -0.3 is 5.11 Å². The van der Waals surface area contributed by atoms with Crippen LogP contribution in [0, 0.1) is 5.92 Å². The summed E-state index contributed by atoms with van der Waals surface area (Å²) in [5.41, 5.74) is -3.57. The van der Waals surface area contributed by atoms with Crippen LogP contribution in [0.5, 0.6) is 0 Å². The van der Waals surface area contributed by atoms with E-state index in [2.05, 4.69) is 0 Å². The summed E-state index contributed by atoms with van der Waals surface area (Å²) < 4.78 is 35.9. The summed E-state index contributed by atoms with van der Waals surface area (Å²) in [5.74, 6) is -2.16. The summed E-state index contributed by atoms with van der Waals surface area (Å²) in [4.78, 5) is 11.0.